The van der Waals surface area contributed by atoms with Crippen LogP contribution < -0.4 is 0 Å². The maximum atomic E-state index is 10.8. The normalized spacial score (nSPS) is 12.2. The number of rotatable bonds is 12. The van der Waals surface area contributed by atoms with Crippen LogP contribution >= 0.6 is 0 Å². The lowest BCUT2D eigenvalue weighted by Gasteiger charge is -2.15. The third-order valence-electron chi connectivity index (χ3n) is 6.37. The van der Waals surface area contributed by atoms with Crippen molar-refractivity contribution >= 4 is 12.2 Å². The molecule has 0 bridgehead atoms. The van der Waals surface area contributed by atoms with Gasteiger partial charge in [0.05, 0.1) is 0 Å². The van der Waals surface area contributed by atoms with E-state index in [9.17, 15) is 15.3 Å². The van der Waals surface area contributed by atoms with Gasteiger partial charge < -0.3 is 15.3 Å². The summed E-state index contributed by atoms with van der Waals surface area (Å²) in [6.07, 6.45) is 17.9. The van der Waals surface area contributed by atoms with Crippen LogP contribution in [0.3, 0.4) is 0 Å². The van der Waals surface area contributed by atoms with Crippen LogP contribution in [0.5, 0.6) is 17.2 Å². The van der Waals surface area contributed by atoms with Crippen molar-refractivity contribution in [1.82, 2.24) is 0 Å². The summed E-state index contributed by atoms with van der Waals surface area (Å²) >= 11 is 0. The highest BCUT2D eigenvalue weighted by atomic mass is 16.3. The molecule has 3 heteroatoms. The topological polar surface area (TPSA) is 60.7 Å². The molecule has 3 nitrogen and oxygen atoms in total. The van der Waals surface area contributed by atoms with Crippen LogP contribution in [-0.2, 0) is 12.8 Å². The van der Waals surface area contributed by atoms with Crippen molar-refractivity contribution in [2.24, 2.45) is 0 Å². The minimum absolute atomic E-state index is 0.101. The van der Waals surface area contributed by atoms with E-state index in [1.54, 1.807) is 12.1 Å². The molecule has 0 heterocycles. The van der Waals surface area contributed by atoms with E-state index < -0.39 is 0 Å². The first kappa shape index (κ1) is 29.8. The van der Waals surface area contributed by atoms with E-state index in [2.05, 4.69) is 65.8 Å². The fourth-order valence-electron chi connectivity index (χ4n) is 4.09. The average molecular weight is 501 g/mol. The van der Waals surface area contributed by atoms with Crippen molar-refractivity contribution in [3.63, 3.8) is 0 Å². The van der Waals surface area contributed by atoms with Crippen LogP contribution in [0.1, 0.15) is 89.5 Å². The number of hydrogen-bond acceptors (Lipinski definition) is 3. The monoisotopic (exact) mass is 500 g/mol. The van der Waals surface area contributed by atoms with Crippen molar-refractivity contribution in [3.8, 4) is 17.2 Å². The van der Waals surface area contributed by atoms with Gasteiger partial charge in [0.2, 0.25) is 0 Å². The van der Waals surface area contributed by atoms with Crippen LogP contribution in [0.4, 0.5) is 0 Å². The third-order valence-corrected chi connectivity index (χ3v) is 6.37. The quantitative estimate of drug-likeness (QED) is 0.201. The Morgan fingerprint density at radius 3 is 1.51 bits per heavy atom. The number of hydrogen-bond donors (Lipinski definition) is 3. The highest BCUT2D eigenvalue weighted by molar-refractivity contribution is 5.76. The van der Waals surface area contributed by atoms with E-state index in [0.717, 1.165) is 47.9 Å². The zero-order valence-electron chi connectivity index (χ0n) is 23.4. The van der Waals surface area contributed by atoms with Gasteiger partial charge in [0.25, 0.3) is 0 Å². The van der Waals surface area contributed by atoms with E-state index >= 15 is 0 Å². The predicted molar refractivity (Wildman–Crippen MR) is 159 cm³/mol. The molecular formula is C34H44O3. The van der Waals surface area contributed by atoms with Gasteiger partial charge in [-0.1, -0.05) is 70.9 Å². The van der Waals surface area contributed by atoms with Gasteiger partial charge in [-0.3, -0.25) is 0 Å². The van der Waals surface area contributed by atoms with Crippen molar-refractivity contribution in [3.05, 3.63) is 99.2 Å². The summed E-state index contributed by atoms with van der Waals surface area (Å²) in [5.41, 5.74) is 8.57. The first-order valence-electron chi connectivity index (χ1n) is 13.2. The number of allylic oxidation sites excluding steroid dienone is 8. The Kier molecular flexibility index (Phi) is 12.0. The van der Waals surface area contributed by atoms with E-state index in [4.69, 9.17) is 0 Å². The number of phenols is 3. The van der Waals surface area contributed by atoms with E-state index in [1.165, 1.54) is 28.4 Å². The molecule has 0 aliphatic rings. The third kappa shape index (κ3) is 10.6. The predicted octanol–water partition coefficient (Wildman–Crippen LogP) is 9.44. The molecule has 0 aliphatic carbocycles. The Bertz CT molecular complexity index is 1120. The summed E-state index contributed by atoms with van der Waals surface area (Å²) in [5.74, 6) is 0.421. The fourth-order valence-corrected chi connectivity index (χ4v) is 4.09. The minimum atomic E-state index is 0.101. The molecule has 0 unspecified atom stereocenters. The summed E-state index contributed by atoms with van der Waals surface area (Å²) in [6, 6.07) is 8.46. The second kappa shape index (κ2) is 14.9. The first-order chi connectivity index (χ1) is 17.6. The van der Waals surface area contributed by atoms with Crippen LogP contribution in [-0.4, -0.2) is 15.3 Å². The molecule has 0 saturated heterocycles. The number of aromatic hydroxyl groups is 3. The summed E-state index contributed by atoms with van der Waals surface area (Å²) in [6.45, 7) is 12.7. The lowest BCUT2D eigenvalue weighted by atomic mass is 9.92. The smallest absolute Gasteiger partial charge is 0.123 e. The summed E-state index contributed by atoms with van der Waals surface area (Å²) in [5, 5.41) is 31.3. The second-order valence-electron chi connectivity index (χ2n) is 10.4. The van der Waals surface area contributed by atoms with Crippen LogP contribution in [0.2, 0.25) is 0 Å². The molecule has 0 saturated carbocycles. The van der Waals surface area contributed by atoms with E-state index in [1.807, 2.05) is 24.3 Å². The van der Waals surface area contributed by atoms with Gasteiger partial charge in [0, 0.05) is 17.2 Å². The summed E-state index contributed by atoms with van der Waals surface area (Å²) < 4.78 is 0. The fraction of sp³-hybridized carbons (Fsp3) is 0.353. The first-order valence-corrected chi connectivity index (χ1v) is 13.2. The van der Waals surface area contributed by atoms with Gasteiger partial charge in [-0.25, -0.2) is 0 Å². The maximum Gasteiger partial charge on any atom is 0.123 e. The Hall–Kier alpha value is -3.46. The number of phenolic OH excluding ortho intramolecular Hbond substituents is 3. The van der Waals surface area contributed by atoms with Crippen LogP contribution in [0.25, 0.3) is 12.2 Å². The molecule has 2 aromatic carbocycles. The van der Waals surface area contributed by atoms with Gasteiger partial charge in [-0.15, -0.1) is 0 Å². The average Bonchev–Trinajstić information content (AvgIpc) is 2.82. The molecule has 3 N–H and O–H groups in total. The maximum absolute atomic E-state index is 10.8. The van der Waals surface area contributed by atoms with Crippen molar-refractivity contribution in [2.45, 2.75) is 80.1 Å². The SMILES string of the molecule is CC(C)=CCC/C(C)=C/Cc1c(O)cc(O)c(C/C=C(\C)CCC=C(C)C)c1/C=C/c1ccc(O)cc1. The molecule has 2 rings (SSSR count). The second-order valence-corrected chi connectivity index (χ2v) is 10.4. The lowest BCUT2D eigenvalue weighted by Crippen LogP contribution is -1.98. The zero-order valence-corrected chi connectivity index (χ0v) is 23.4. The molecule has 0 spiro atoms. The van der Waals surface area contributed by atoms with Crippen LogP contribution in [0.15, 0.2) is 76.9 Å². The molecule has 37 heavy (non-hydrogen) atoms. The Morgan fingerprint density at radius 1 is 0.622 bits per heavy atom. The number of benzene rings is 2. The van der Waals surface area contributed by atoms with Crippen molar-refractivity contribution in [1.29, 1.82) is 0 Å². The molecule has 0 radical (unpaired) electrons. The van der Waals surface area contributed by atoms with Gasteiger partial charge in [0.15, 0.2) is 0 Å². The van der Waals surface area contributed by atoms with Gasteiger partial charge >= 0.3 is 0 Å². The summed E-state index contributed by atoms with van der Waals surface area (Å²) in [7, 11) is 0. The molecule has 0 atom stereocenters. The van der Waals surface area contributed by atoms with Gasteiger partial charge in [-0.2, -0.15) is 0 Å². The van der Waals surface area contributed by atoms with Gasteiger partial charge in [0.1, 0.15) is 17.2 Å². The molecule has 0 amide bonds. The van der Waals surface area contributed by atoms with E-state index in [-0.39, 0.29) is 17.2 Å². The molecule has 2 aromatic rings. The van der Waals surface area contributed by atoms with Crippen molar-refractivity contribution < 1.29 is 15.3 Å². The van der Waals surface area contributed by atoms with Crippen LogP contribution in [0, 0.1) is 0 Å². The standard InChI is InChI=1S/C34H44O3/c1-24(2)9-7-11-26(5)13-20-31-30(22-17-28-15-18-29(35)19-16-28)32(34(37)23-33(31)36)21-14-27(6)12-8-10-25(3)4/h9-10,13-19,22-23,35-37H,7-8,11-12,20-21H2,1-6H3/b22-17+,26-13+,27-14+. The minimum Gasteiger partial charge on any atom is -0.508 e. The Labute approximate surface area is 223 Å². The van der Waals surface area contributed by atoms with Crippen molar-refractivity contribution in [2.75, 3.05) is 0 Å². The molecule has 0 aliphatic heterocycles. The lowest BCUT2D eigenvalue weighted by molar-refractivity contribution is 0.443. The van der Waals surface area contributed by atoms with Gasteiger partial charge in [-0.05, 0) is 103 Å². The highest BCUT2D eigenvalue weighted by Crippen LogP contribution is 2.35. The Morgan fingerprint density at radius 2 is 1.08 bits per heavy atom. The summed E-state index contributed by atoms with van der Waals surface area (Å²) in [4.78, 5) is 0. The molecule has 198 valence electrons. The van der Waals surface area contributed by atoms with E-state index in [0.29, 0.717) is 12.8 Å². The highest BCUT2D eigenvalue weighted by Gasteiger charge is 2.15. The molecule has 0 fully saturated rings. The zero-order chi connectivity index (χ0) is 27.4. The molecule has 0 aromatic heterocycles. The Balaban J connectivity index is 2.44. The molecular weight excluding hydrogens is 456 g/mol. The largest absolute Gasteiger partial charge is 0.508 e.